The molecule has 6 nitrogen and oxygen atoms in total. The number of carbonyl (C=O) groups excluding carboxylic acids is 1. The monoisotopic (exact) mass is 313 g/mol. The number of nitro groups is 1. The maximum Gasteiger partial charge on any atom is 0.270 e. The van der Waals surface area contributed by atoms with Crippen molar-refractivity contribution in [3.05, 3.63) is 62.8 Å². The summed E-state index contributed by atoms with van der Waals surface area (Å²) < 4.78 is 26.1. The average Bonchev–Trinajstić information content (AvgIpc) is 2.42. The summed E-state index contributed by atoms with van der Waals surface area (Å²) in [6.07, 6.45) is 0.716. The minimum absolute atomic E-state index is 0.0550. The highest BCUT2D eigenvalue weighted by Gasteiger charge is 2.17. The molecule has 0 atom stereocenters. The molecule has 2 rings (SSSR count). The van der Waals surface area contributed by atoms with E-state index in [1.807, 2.05) is 0 Å². The molecule has 0 spiro atoms. The van der Waals surface area contributed by atoms with E-state index in [2.05, 4.69) is 10.3 Å². The van der Waals surface area contributed by atoms with Gasteiger partial charge in [0.2, 0.25) is 0 Å². The van der Waals surface area contributed by atoms with Crippen LogP contribution in [-0.2, 0) is 0 Å². The maximum atomic E-state index is 13.4. The summed E-state index contributed by atoms with van der Waals surface area (Å²) in [6.45, 7) is 0. The standard InChI is InChI=1S/C12H6ClF2N3O3/c13-9-2-1-7(18(20)21)4-8(9)12(19)17-11-10(15)3-6(14)5-16-11/h1-5H,(H,16,17,19). The molecule has 1 aromatic carbocycles. The molecule has 21 heavy (non-hydrogen) atoms. The number of hydrogen-bond donors (Lipinski definition) is 1. The molecule has 0 saturated heterocycles. The van der Waals surface area contributed by atoms with Crippen molar-refractivity contribution >= 4 is 29.0 Å². The molecule has 1 aromatic heterocycles. The van der Waals surface area contributed by atoms with E-state index >= 15 is 0 Å². The van der Waals surface area contributed by atoms with E-state index in [-0.39, 0.29) is 16.3 Å². The summed E-state index contributed by atoms with van der Waals surface area (Å²) in [5, 5.41) is 12.7. The number of benzene rings is 1. The normalized spacial score (nSPS) is 10.2. The fraction of sp³-hybridized carbons (Fsp3) is 0. The van der Waals surface area contributed by atoms with Crippen LogP contribution in [0.4, 0.5) is 20.3 Å². The van der Waals surface area contributed by atoms with Crippen molar-refractivity contribution in [1.82, 2.24) is 4.98 Å². The van der Waals surface area contributed by atoms with E-state index in [0.717, 1.165) is 12.1 Å². The number of anilines is 1. The second-order valence-corrected chi connectivity index (χ2v) is 4.27. The number of nitrogens with one attached hydrogen (secondary N) is 1. The molecule has 1 heterocycles. The summed E-state index contributed by atoms with van der Waals surface area (Å²) in [6, 6.07) is 3.77. The molecule has 1 N–H and O–H groups in total. The third-order valence-electron chi connectivity index (χ3n) is 2.45. The van der Waals surface area contributed by atoms with Gasteiger partial charge in [-0.1, -0.05) is 11.6 Å². The van der Waals surface area contributed by atoms with Crippen LogP contribution in [0.25, 0.3) is 0 Å². The van der Waals surface area contributed by atoms with Gasteiger partial charge in [0.1, 0.15) is 5.82 Å². The van der Waals surface area contributed by atoms with Gasteiger partial charge >= 0.3 is 0 Å². The lowest BCUT2D eigenvalue weighted by atomic mass is 10.2. The number of pyridine rings is 1. The lowest BCUT2D eigenvalue weighted by molar-refractivity contribution is -0.384. The second-order valence-electron chi connectivity index (χ2n) is 3.86. The van der Waals surface area contributed by atoms with Crippen molar-refractivity contribution in [2.75, 3.05) is 5.32 Å². The van der Waals surface area contributed by atoms with Crippen LogP contribution in [0.3, 0.4) is 0 Å². The highest BCUT2D eigenvalue weighted by atomic mass is 35.5. The first-order chi connectivity index (χ1) is 9.88. The van der Waals surface area contributed by atoms with E-state index < -0.39 is 28.3 Å². The zero-order valence-corrected chi connectivity index (χ0v) is 10.9. The Bertz CT molecular complexity index is 740. The Hall–Kier alpha value is -2.61. The number of aromatic nitrogens is 1. The van der Waals surface area contributed by atoms with Gasteiger partial charge < -0.3 is 5.32 Å². The molecule has 0 radical (unpaired) electrons. The molecule has 0 saturated carbocycles. The van der Waals surface area contributed by atoms with Gasteiger partial charge in [-0.25, -0.2) is 13.8 Å². The molecule has 9 heteroatoms. The van der Waals surface area contributed by atoms with Crippen LogP contribution < -0.4 is 5.32 Å². The highest BCUT2D eigenvalue weighted by Crippen LogP contribution is 2.23. The first-order valence-electron chi connectivity index (χ1n) is 5.45. The zero-order valence-electron chi connectivity index (χ0n) is 10.1. The van der Waals surface area contributed by atoms with Crippen molar-refractivity contribution in [1.29, 1.82) is 0 Å². The van der Waals surface area contributed by atoms with Gasteiger partial charge in [0, 0.05) is 18.2 Å². The van der Waals surface area contributed by atoms with Crippen LogP contribution >= 0.6 is 11.6 Å². The zero-order chi connectivity index (χ0) is 15.6. The van der Waals surface area contributed by atoms with E-state index in [9.17, 15) is 23.7 Å². The predicted octanol–water partition coefficient (Wildman–Crippen LogP) is 3.17. The molecule has 0 unspecified atom stereocenters. The summed E-state index contributed by atoms with van der Waals surface area (Å²) in [4.78, 5) is 25.2. The number of halogens is 3. The second kappa shape index (κ2) is 5.80. The molecule has 0 aliphatic heterocycles. The van der Waals surface area contributed by atoms with Gasteiger partial charge in [0.05, 0.1) is 21.7 Å². The van der Waals surface area contributed by atoms with Crippen LogP contribution in [0.1, 0.15) is 10.4 Å². The van der Waals surface area contributed by atoms with Crippen LogP contribution in [-0.4, -0.2) is 15.8 Å². The Morgan fingerprint density at radius 1 is 1.33 bits per heavy atom. The Kier molecular flexibility index (Phi) is 4.08. The van der Waals surface area contributed by atoms with Crippen molar-refractivity contribution in [2.24, 2.45) is 0 Å². The van der Waals surface area contributed by atoms with Crippen molar-refractivity contribution in [3.63, 3.8) is 0 Å². The molecule has 0 fully saturated rings. The van der Waals surface area contributed by atoms with Gasteiger partial charge in [-0.2, -0.15) is 0 Å². The molecule has 0 bridgehead atoms. The minimum Gasteiger partial charge on any atom is -0.304 e. The number of non-ortho nitro benzene ring substituents is 1. The lowest BCUT2D eigenvalue weighted by Crippen LogP contribution is -2.15. The molecule has 0 aliphatic carbocycles. The number of carbonyl (C=O) groups is 1. The Balaban J connectivity index is 2.32. The van der Waals surface area contributed by atoms with Gasteiger partial charge in [-0.05, 0) is 6.07 Å². The van der Waals surface area contributed by atoms with Crippen LogP contribution in [0.15, 0.2) is 30.5 Å². The Labute approximate surface area is 121 Å². The van der Waals surface area contributed by atoms with Crippen molar-refractivity contribution in [3.8, 4) is 0 Å². The summed E-state index contributed by atoms with van der Waals surface area (Å²) in [5.74, 6) is -3.39. The number of amides is 1. The third-order valence-corrected chi connectivity index (χ3v) is 2.77. The molecule has 108 valence electrons. The average molecular weight is 314 g/mol. The Morgan fingerprint density at radius 2 is 2.05 bits per heavy atom. The van der Waals surface area contributed by atoms with Crippen LogP contribution in [0.5, 0.6) is 0 Å². The highest BCUT2D eigenvalue weighted by molar-refractivity contribution is 6.34. The number of hydrogen-bond acceptors (Lipinski definition) is 4. The molecule has 2 aromatic rings. The fourth-order valence-electron chi connectivity index (χ4n) is 1.48. The fourth-order valence-corrected chi connectivity index (χ4v) is 1.69. The summed E-state index contributed by atoms with van der Waals surface area (Å²) in [7, 11) is 0. The predicted molar refractivity (Wildman–Crippen MR) is 70.2 cm³/mol. The van der Waals surface area contributed by atoms with E-state index in [0.29, 0.717) is 12.3 Å². The quantitative estimate of drug-likeness (QED) is 0.696. The number of nitro benzene ring substituents is 1. The van der Waals surface area contributed by atoms with Gasteiger partial charge in [0.25, 0.3) is 11.6 Å². The van der Waals surface area contributed by atoms with Gasteiger partial charge in [0.15, 0.2) is 11.6 Å². The lowest BCUT2D eigenvalue weighted by Gasteiger charge is -2.06. The molecule has 1 amide bonds. The third kappa shape index (κ3) is 3.29. The summed E-state index contributed by atoms with van der Waals surface area (Å²) in [5.41, 5.74) is -0.575. The molecule has 0 aliphatic rings. The van der Waals surface area contributed by atoms with Gasteiger partial charge in [-0.3, -0.25) is 14.9 Å². The SMILES string of the molecule is O=C(Nc1ncc(F)cc1F)c1cc([N+](=O)[O-])ccc1Cl. The first-order valence-corrected chi connectivity index (χ1v) is 5.82. The van der Waals surface area contributed by atoms with E-state index in [1.165, 1.54) is 6.07 Å². The summed E-state index contributed by atoms with van der Waals surface area (Å²) >= 11 is 5.77. The Morgan fingerprint density at radius 3 is 2.67 bits per heavy atom. The van der Waals surface area contributed by atoms with Crippen LogP contribution in [0.2, 0.25) is 5.02 Å². The largest absolute Gasteiger partial charge is 0.304 e. The smallest absolute Gasteiger partial charge is 0.270 e. The minimum atomic E-state index is -1.08. The molecular weight excluding hydrogens is 308 g/mol. The van der Waals surface area contributed by atoms with Crippen LogP contribution in [0, 0.1) is 21.7 Å². The van der Waals surface area contributed by atoms with E-state index in [4.69, 9.17) is 11.6 Å². The molecular formula is C12H6ClF2N3O3. The number of rotatable bonds is 3. The maximum absolute atomic E-state index is 13.4. The van der Waals surface area contributed by atoms with E-state index in [1.54, 1.807) is 0 Å². The van der Waals surface area contributed by atoms with Gasteiger partial charge in [-0.15, -0.1) is 0 Å². The number of nitrogens with zero attached hydrogens (tertiary/aromatic N) is 2. The first kappa shape index (κ1) is 14.8. The topological polar surface area (TPSA) is 85.1 Å². The van der Waals surface area contributed by atoms with Crippen molar-refractivity contribution in [2.45, 2.75) is 0 Å². The van der Waals surface area contributed by atoms with Crippen molar-refractivity contribution < 1.29 is 18.5 Å².